The third-order valence-electron chi connectivity index (χ3n) is 8.05. The highest BCUT2D eigenvalue weighted by atomic mass is 35.5. The maximum atomic E-state index is 14.4. The van der Waals surface area contributed by atoms with Crippen LogP contribution >= 0.6 is 23.2 Å². The SMILES string of the molecule is CCOc1ccc(S(=O)(=O)N(CC(=O)N(Cc2c(Cl)cccc2Cl)C(CC)C(=O)NC2CCCCC2)c2ccc(C)cc2)cc1. The van der Waals surface area contributed by atoms with E-state index in [0.717, 1.165) is 42.0 Å². The number of nitrogens with one attached hydrogen (secondary N) is 1. The normalized spacial score (nSPS) is 14.4. The van der Waals surface area contributed by atoms with Crippen molar-refractivity contribution in [1.29, 1.82) is 0 Å². The molecular weight excluding hydrogens is 633 g/mol. The number of hydrogen-bond acceptors (Lipinski definition) is 5. The lowest BCUT2D eigenvalue weighted by atomic mass is 9.95. The molecule has 1 unspecified atom stereocenters. The fourth-order valence-corrected chi connectivity index (χ4v) is 7.49. The molecule has 1 atom stereocenters. The first kappa shape index (κ1) is 34.6. The Balaban J connectivity index is 1.73. The standard InChI is InChI=1S/C34H41Cl2N3O5S/c1-4-32(34(41)37-25-10-7-6-8-11-25)38(22-29-30(35)12-9-13-31(29)36)33(40)23-39(26-16-14-24(3)15-17-26)45(42,43)28-20-18-27(19-21-28)44-5-2/h9,12-21,25,32H,4-8,10-11,22-23H2,1-3H3,(H,37,41). The molecule has 1 aliphatic carbocycles. The fraction of sp³-hybridized carbons (Fsp3) is 0.412. The Bertz CT molecular complexity index is 1540. The molecule has 0 spiro atoms. The topological polar surface area (TPSA) is 96.0 Å². The number of benzene rings is 3. The summed E-state index contributed by atoms with van der Waals surface area (Å²) in [7, 11) is -4.21. The van der Waals surface area contributed by atoms with Gasteiger partial charge in [0.25, 0.3) is 10.0 Å². The van der Waals surface area contributed by atoms with Crippen molar-refractivity contribution >= 4 is 50.7 Å². The summed E-state index contributed by atoms with van der Waals surface area (Å²) >= 11 is 13.1. The van der Waals surface area contributed by atoms with Crippen molar-refractivity contribution in [2.75, 3.05) is 17.5 Å². The molecule has 0 aromatic heterocycles. The molecule has 1 aliphatic rings. The van der Waals surface area contributed by atoms with E-state index in [-0.39, 0.29) is 23.4 Å². The molecule has 3 aromatic carbocycles. The Morgan fingerprint density at radius 1 is 0.933 bits per heavy atom. The van der Waals surface area contributed by atoms with Crippen LogP contribution in [0, 0.1) is 6.92 Å². The van der Waals surface area contributed by atoms with Gasteiger partial charge in [-0.2, -0.15) is 0 Å². The molecule has 45 heavy (non-hydrogen) atoms. The fourth-order valence-electron chi connectivity index (χ4n) is 5.56. The van der Waals surface area contributed by atoms with Crippen molar-refractivity contribution < 1.29 is 22.7 Å². The summed E-state index contributed by atoms with van der Waals surface area (Å²) in [5, 5.41) is 3.84. The Morgan fingerprint density at radius 2 is 1.56 bits per heavy atom. The number of halogens is 2. The highest BCUT2D eigenvalue weighted by Gasteiger charge is 2.35. The Kier molecular flexibility index (Phi) is 12.2. The molecule has 1 N–H and O–H groups in total. The predicted molar refractivity (Wildman–Crippen MR) is 179 cm³/mol. The van der Waals surface area contributed by atoms with Crippen LogP contribution in [0.1, 0.15) is 63.5 Å². The van der Waals surface area contributed by atoms with E-state index in [0.29, 0.717) is 40.1 Å². The summed E-state index contributed by atoms with van der Waals surface area (Å²) in [4.78, 5) is 29.5. The van der Waals surface area contributed by atoms with E-state index in [9.17, 15) is 18.0 Å². The molecule has 1 saturated carbocycles. The van der Waals surface area contributed by atoms with E-state index in [2.05, 4.69) is 5.32 Å². The van der Waals surface area contributed by atoms with Crippen LogP contribution in [-0.4, -0.2) is 50.4 Å². The maximum absolute atomic E-state index is 14.4. The van der Waals surface area contributed by atoms with Crippen molar-refractivity contribution in [2.45, 2.75) is 82.8 Å². The molecule has 8 nitrogen and oxygen atoms in total. The van der Waals surface area contributed by atoms with Crippen LogP contribution in [0.4, 0.5) is 5.69 Å². The average molecular weight is 675 g/mol. The summed E-state index contributed by atoms with van der Waals surface area (Å²) in [6.45, 7) is 5.39. The number of hydrogen-bond donors (Lipinski definition) is 1. The number of amides is 2. The molecule has 0 aliphatic heterocycles. The number of aryl methyl sites for hydroxylation is 1. The van der Waals surface area contributed by atoms with Crippen LogP contribution in [0.3, 0.4) is 0 Å². The van der Waals surface area contributed by atoms with Gasteiger partial charge in [-0.15, -0.1) is 0 Å². The summed E-state index contributed by atoms with van der Waals surface area (Å²) in [6.07, 6.45) is 5.28. The lowest BCUT2D eigenvalue weighted by Crippen LogP contribution is -2.54. The minimum atomic E-state index is -4.21. The van der Waals surface area contributed by atoms with E-state index in [4.69, 9.17) is 27.9 Å². The van der Waals surface area contributed by atoms with Gasteiger partial charge >= 0.3 is 0 Å². The van der Waals surface area contributed by atoms with Crippen LogP contribution in [0.15, 0.2) is 71.6 Å². The zero-order chi connectivity index (χ0) is 32.6. The van der Waals surface area contributed by atoms with Crippen LogP contribution in [-0.2, 0) is 26.2 Å². The largest absolute Gasteiger partial charge is 0.494 e. The summed E-state index contributed by atoms with van der Waals surface area (Å²) in [5.74, 6) is -0.309. The molecule has 0 bridgehead atoms. The van der Waals surface area contributed by atoms with Crippen molar-refractivity contribution in [1.82, 2.24) is 10.2 Å². The van der Waals surface area contributed by atoms with Crippen molar-refractivity contribution in [3.8, 4) is 5.75 Å². The second-order valence-electron chi connectivity index (χ2n) is 11.2. The lowest BCUT2D eigenvalue weighted by Gasteiger charge is -2.34. The smallest absolute Gasteiger partial charge is 0.264 e. The number of ether oxygens (including phenoxy) is 1. The maximum Gasteiger partial charge on any atom is 0.264 e. The first-order chi connectivity index (χ1) is 21.5. The van der Waals surface area contributed by atoms with Gasteiger partial charge in [0.05, 0.1) is 17.2 Å². The first-order valence-electron chi connectivity index (χ1n) is 15.4. The Morgan fingerprint density at radius 3 is 2.13 bits per heavy atom. The van der Waals surface area contributed by atoms with Crippen LogP contribution < -0.4 is 14.4 Å². The van der Waals surface area contributed by atoms with Crippen molar-refractivity contribution in [3.63, 3.8) is 0 Å². The number of anilines is 1. The monoisotopic (exact) mass is 673 g/mol. The van der Waals surface area contributed by atoms with E-state index in [1.54, 1.807) is 54.6 Å². The van der Waals surface area contributed by atoms with Crippen LogP contribution in [0.5, 0.6) is 5.75 Å². The summed E-state index contributed by atoms with van der Waals surface area (Å²) in [6, 6.07) is 17.2. The minimum Gasteiger partial charge on any atom is -0.494 e. The van der Waals surface area contributed by atoms with Gasteiger partial charge in [-0.1, -0.05) is 73.2 Å². The van der Waals surface area contributed by atoms with Crippen molar-refractivity contribution in [2.24, 2.45) is 0 Å². The molecule has 1 fully saturated rings. The lowest BCUT2D eigenvalue weighted by molar-refractivity contribution is -0.140. The molecule has 0 saturated heterocycles. The molecule has 0 radical (unpaired) electrons. The van der Waals surface area contributed by atoms with Gasteiger partial charge in [-0.25, -0.2) is 8.42 Å². The Hall–Kier alpha value is -3.27. The Labute approximate surface area is 276 Å². The second kappa shape index (κ2) is 15.8. The predicted octanol–water partition coefficient (Wildman–Crippen LogP) is 7.15. The van der Waals surface area contributed by atoms with Gasteiger partial charge in [-0.3, -0.25) is 13.9 Å². The highest BCUT2D eigenvalue weighted by molar-refractivity contribution is 7.92. The third-order valence-corrected chi connectivity index (χ3v) is 10.5. The summed E-state index contributed by atoms with van der Waals surface area (Å²) in [5.41, 5.74) is 1.73. The van der Waals surface area contributed by atoms with Crippen LogP contribution in [0.25, 0.3) is 0 Å². The second-order valence-corrected chi connectivity index (χ2v) is 13.9. The summed E-state index contributed by atoms with van der Waals surface area (Å²) < 4.78 is 34.9. The number of sulfonamides is 1. The number of carbonyl (C=O) groups is 2. The van der Waals surface area contributed by atoms with Crippen LogP contribution in [0.2, 0.25) is 10.0 Å². The zero-order valence-corrected chi connectivity index (χ0v) is 28.3. The molecule has 242 valence electrons. The van der Waals surface area contributed by atoms with Gasteiger partial charge in [0.15, 0.2) is 0 Å². The van der Waals surface area contributed by atoms with E-state index in [1.807, 2.05) is 20.8 Å². The van der Waals surface area contributed by atoms with Crippen molar-refractivity contribution in [3.05, 3.63) is 87.9 Å². The van der Waals surface area contributed by atoms with E-state index >= 15 is 0 Å². The van der Waals surface area contributed by atoms with Gasteiger partial charge < -0.3 is 15.0 Å². The van der Waals surface area contributed by atoms with Gasteiger partial charge in [0.1, 0.15) is 18.3 Å². The van der Waals surface area contributed by atoms with Gasteiger partial charge in [0.2, 0.25) is 11.8 Å². The zero-order valence-electron chi connectivity index (χ0n) is 26.0. The molecular formula is C34H41Cl2N3O5S. The minimum absolute atomic E-state index is 0.00195. The van der Waals surface area contributed by atoms with Gasteiger partial charge in [-0.05, 0) is 81.6 Å². The number of nitrogens with zero attached hydrogens (tertiary/aromatic N) is 2. The first-order valence-corrected chi connectivity index (χ1v) is 17.6. The number of rotatable bonds is 13. The quantitative estimate of drug-likeness (QED) is 0.208. The average Bonchev–Trinajstić information content (AvgIpc) is 3.02. The van der Waals surface area contributed by atoms with E-state index in [1.165, 1.54) is 17.0 Å². The molecule has 0 heterocycles. The van der Waals surface area contributed by atoms with Gasteiger partial charge in [0, 0.05) is 28.2 Å². The molecule has 2 amide bonds. The molecule has 4 rings (SSSR count). The third kappa shape index (κ3) is 8.71. The highest BCUT2D eigenvalue weighted by Crippen LogP contribution is 2.30. The van der Waals surface area contributed by atoms with E-state index < -0.39 is 28.5 Å². The number of carbonyl (C=O) groups excluding carboxylic acids is 2. The molecule has 3 aromatic rings. The molecule has 11 heteroatoms.